The van der Waals surface area contributed by atoms with Gasteiger partial charge in [-0.3, -0.25) is 4.79 Å². The van der Waals surface area contributed by atoms with Crippen molar-refractivity contribution in [2.24, 2.45) is 0 Å². The molecular weight excluding hydrogens is 316 g/mol. The molecule has 0 heterocycles. The van der Waals surface area contributed by atoms with Gasteiger partial charge < -0.3 is 15.8 Å². The topological polar surface area (TPSA) is 81.4 Å². The Morgan fingerprint density at radius 2 is 1.91 bits per heavy atom. The highest BCUT2D eigenvalue weighted by molar-refractivity contribution is 6.33. The number of rotatable bonds is 5. The number of nitrogen functional groups attached to an aromatic ring is 1. The minimum Gasteiger partial charge on any atom is -0.449 e. The zero-order valence-electron chi connectivity index (χ0n) is 12.6. The standard InChI is InChI=1S/C17H17ClN2O3/c1-11(16(21)20-10-12-5-3-2-4-6-12)23-17(22)13-7-8-14(18)15(19)9-13/h2-9,11H,10,19H2,1H3,(H,20,21)/t11-/m1/s1. The number of ether oxygens (including phenoxy) is 1. The Bertz CT molecular complexity index is 704. The van der Waals surface area contributed by atoms with Crippen LogP contribution < -0.4 is 11.1 Å². The van der Waals surface area contributed by atoms with Crippen LogP contribution in [0.1, 0.15) is 22.8 Å². The molecule has 0 fully saturated rings. The van der Waals surface area contributed by atoms with E-state index in [4.69, 9.17) is 22.1 Å². The summed E-state index contributed by atoms with van der Waals surface area (Å²) in [5, 5.41) is 3.07. The van der Waals surface area contributed by atoms with E-state index >= 15 is 0 Å². The normalized spacial score (nSPS) is 11.6. The molecule has 120 valence electrons. The van der Waals surface area contributed by atoms with Gasteiger partial charge in [-0.05, 0) is 30.7 Å². The highest BCUT2D eigenvalue weighted by Gasteiger charge is 2.19. The fraction of sp³-hybridized carbons (Fsp3) is 0.176. The summed E-state index contributed by atoms with van der Waals surface area (Å²) in [5.41, 5.74) is 7.13. The summed E-state index contributed by atoms with van der Waals surface area (Å²) < 4.78 is 5.13. The van der Waals surface area contributed by atoms with Gasteiger partial charge in [-0.25, -0.2) is 4.79 Å². The Balaban J connectivity index is 1.89. The Labute approximate surface area is 139 Å². The first kappa shape index (κ1) is 16.8. The molecule has 6 heteroatoms. The molecule has 0 spiro atoms. The van der Waals surface area contributed by atoms with Crippen LogP contribution >= 0.6 is 11.6 Å². The molecule has 2 aromatic carbocycles. The van der Waals surface area contributed by atoms with Gasteiger partial charge in [-0.1, -0.05) is 41.9 Å². The maximum Gasteiger partial charge on any atom is 0.338 e. The smallest absolute Gasteiger partial charge is 0.338 e. The molecule has 2 rings (SSSR count). The number of carbonyl (C=O) groups excluding carboxylic acids is 2. The van der Waals surface area contributed by atoms with Crippen molar-refractivity contribution in [2.45, 2.75) is 19.6 Å². The first-order valence-corrected chi connectivity index (χ1v) is 7.43. The first-order chi connectivity index (χ1) is 11.0. The van der Waals surface area contributed by atoms with Gasteiger partial charge in [-0.15, -0.1) is 0 Å². The highest BCUT2D eigenvalue weighted by Crippen LogP contribution is 2.20. The second-order valence-electron chi connectivity index (χ2n) is 4.99. The van der Waals surface area contributed by atoms with Gasteiger partial charge in [0.2, 0.25) is 0 Å². The van der Waals surface area contributed by atoms with Crippen LogP contribution in [0.5, 0.6) is 0 Å². The van der Waals surface area contributed by atoms with Crippen LogP contribution in [-0.2, 0) is 16.1 Å². The van der Waals surface area contributed by atoms with Gasteiger partial charge in [0.15, 0.2) is 6.10 Å². The average Bonchev–Trinajstić information content (AvgIpc) is 2.55. The predicted octanol–water partition coefficient (Wildman–Crippen LogP) is 2.78. The van der Waals surface area contributed by atoms with Crippen molar-refractivity contribution < 1.29 is 14.3 Å². The number of hydrogen-bond donors (Lipinski definition) is 2. The van der Waals surface area contributed by atoms with E-state index in [0.29, 0.717) is 11.6 Å². The average molecular weight is 333 g/mol. The number of nitrogens with one attached hydrogen (secondary N) is 1. The Morgan fingerprint density at radius 3 is 2.57 bits per heavy atom. The van der Waals surface area contributed by atoms with Crippen molar-refractivity contribution in [3.05, 3.63) is 64.7 Å². The lowest BCUT2D eigenvalue weighted by Gasteiger charge is -2.14. The summed E-state index contributed by atoms with van der Waals surface area (Å²) in [6.45, 7) is 1.88. The van der Waals surface area contributed by atoms with Gasteiger partial charge in [0.1, 0.15) is 0 Å². The zero-order chi connectivity index (χ0) is 16.8. The van der Waals surface area contributed by atoms with E-state index in [1.165, 1.54) is 25.1 Å². The summed E-state index contributed by atoms with van der Waals surface area (Å²) in [4.78, 5) is 24.0. The molecule has 23 heavy (non-hydrogen) atoms. The minimum atomic E-state index is -0.914. The van der Waals surface area contributed by atoms with Crippen molar-refractivity contribution >= 4 is 29.2 Å². The maximum atomic E-state index is 12.0. The fourth-order valence-electron chi connectivity index (χ4n) is 1.88. The van der Waals surface area contributed by atoms with Crippen molar-refractivity contribution in [2.75, 3.05) is 5.73 Å². The third-order valence-electron chi connectivity index (χ3n) is 3.19. The van der Waals surface area contributed by atoms with Crippen molar-refractivity contribution in [1.29, 1.82) is 0 Å². The maximum absolute atomic E-state index is 12.0. The number of halogens is 1. The predicted molar refractivity (Wildman–Crippen MR) is 89.0 cm³/mol. The number of carbonyl (C=O) groups is 2. The van der Waals surface area contributed by atoms with E-state index in [1.807, 2.05) is 30.3 Å². The lowest BCUT2D eigenvalue weighted by atomic mass is 10.2. The number of hydrogen-bond acceptors (Lipinski definition) is 4. The van der Waals surface area contributed by atoms with Crippen molar-refractivity contribution in [3.8, 4) is 0 Å². The molecule has 2 aromatic rings. The van der Waals surface area contributed by atoms with Gasteiger partial charge in [-0.2, -0.15) is 0 Å². The number of benzene rings is 2. The van der Waals surface area contributed by atoms with Crippen LogP contribution in [0.25, 0.3) is 0 Å². The molecule has 1 amide bonds. The van der Waals surface area contributed by atoms with Crippen LogP contribution in [0.15, 0.2) is 48.5 Å². The van der Waals surface area contributed by atoms with Gasteiger partial charge >= 0.3 is 5.97 Å². The summed E-state index contributed by atoms with van der Waals surface area (Å²) in [6.07, 6.45) is -0.914. The molecule has 0 aromatic heterocycles. The molecule has 5 nitrogen and oxygen atoms in total. The number of anilines is 1. The second kappa shape index (κ2) is 7.65. The van der Waals surface area contributed by atoms with Gasteiger partial charge in [0.25, 0.3) is 5.91 Å². The van der Waals surface area contributed by atoms with Crippen molar-refractivity contribution in [3.63, 3.8) is 0 Å². The molecule has 0 aliphatic rings. The van der Waals surface area contributed by atoms with Crippen LogP contribution in [0.3, 0.4) is 0 Å². The van der Waals surface area contributed by atoms with E-state index in [-0.39, 0.29) is 17.2 Å². The van der Waals surface area contributed by atoms with Crippen molar-refractivity contribution in [1.82, 2.24) is 5.32 Å². The first-order valence-electron chi connectivity index (χ1n) is 7.05. The van der Waals surface area contributed by atoms with E-state index < -0.39 is 12.1 Å². The molecule has 3 N–H and O–H groups in total. The van der Waals surface area contributed by atoms with Crippen LogP contribution in [0.4, 0.5) is 5.69 Å². The SMILES string of the molecule is C[C@@H](OC(=O)c1ccc(Cl)c(N)c1)C(=O)NCc1ccccc1. The quantitative estimate of drug-likeness (QED) is 0.651. The largest absolute Gasteiger partial charge is 0.449 e. The fourth-order valence-corrected chi connectivity index (χ4v) is 2.00. The number of amides is 1. The Morgan fingerprint density at radius 1 is 1.22 bits per heavy atom. The van der Waals surface area contributed by atoms with E-state index in [2.05, 4.69) is 5.32 Å². The van der Waals surface area contributed by atoms with Crippen LogP contribution in [0.2, 0.25) is 5.02 Å². The van der Waals surface area contributed by atoms with Gasteiger partial charge in [0.05, 0.1) is 16.3 Å². The monoisotopic (exact) mass is 332 g/mol. The molecule has 0 unspecified atom stereocenters. The molecule has 0 aliphatic carbocycles. The summed E-state index contributed by atoms with van der Waals surface area (Å²) in [7, 11) is 0. The van der Waals surface area contributed by atoms with E-state index in [0.717, 1.165) is 5.56 Å². The summed E-state index contributed by atoms with van der Waals surface area (Å²) >= 11 is 5.80. The van der Waals surface area contributed by atoms with Crippen LogP contribution in [0, 0.1) is 0 Å². The van der Waals surface area contributed by atoms with Gasteiger partial charge in [0, 0.05) is 6.54 Å². The number of esters is 1. The number of nitrogens with two attached hydrogens (primary N) is 1. The Hall–Kier alpha value is -2.53. The molecule has 0 saturated heterocycles. The lowest BCUT2D eigenvalue weighted by molar-refractivity contribution is -0.129. The van der Waals surface area contributed by atoms with Crippen LogP contribution in [-0.4, -0.2) is 18.0 Å². The molecule has 1 atom stereocenters. The molecule has 0 radical (unpaired) electrons. The summed E-state index contributed by atoms with van der Waals surface area (Å²) in [6, 6.07) is 13.9. The third-order valence-corrected chi connectivity index (χ3v) is 3.54. The van der Waals surface area contributed by atoms with E-state index in [1.54, 1.807) is 0 Å². The molecule has 0 aliphatic heterocycles. The lowest BCUT2D eigenvalue weighted by Crippen LogP contribution is -2.35. The minimum absolute atomic E-state index is 0.245. The molecule has 0 saturated carbocycles. The zero-order valence-corrected chi connectivity index (χ0v) is 13.3. The Kier molecular flexibility index (Phi) is 5.60. The molecule has 0 bridgehead atoms. The third kappa shape index (κ3) is 4.72. The van der Waals surface area contributed by atoms with E-state index in [9.17, 15) is 9.59 Å². The molecular formula is C17H17ClN2O3. The highest BCUT2D eigenvalue weighted by atomic mass is 35.5. The summed E-state index contributed by atoms with van der Waals surface area (Å²) in [5.74, 6) is -1.00. The second-order valence-corrected chi connectivity index (χ2v) is 5.39.